The van der Waals surface area contributed by atoms with E-state index >= 15 is 0 Å². The van der Waals surface area contributed by atoms with Crippen LogP contribution >= 0.6 is 11.6 Å². The highest BCUT2D eigenvalue weighted by atomic mass is 35.5. The van der Waals surface area contributed by atoms with E-state index in [0.29, 0.717) is 17.5 Å². The highest BCUT2D eigenvalue weighted by Gasteiger charge is 2.25. The smallest absolute Gasteiger partial charge is 0.363 e. The van der Waals surface area contributed by atoms with Crippen LogP contribution in [0.15, 0.2) is 77.4 Å². The number of aliphatic imine (C=N–C) groups is 1. The van der Waals surface area contributed by atoms with Gasteiger partial charge in [-0.2, -0.15) is 0 Å². The topological polar surface area (TPSA) is 74.2 Å². The van der Waals surface area contributed by atoms with E-state index in [1.54, 1.807) is 18.2 Å². The Hall–Kier alpha value is -3.90. The van der Waals surface area contributed by atoms with Gasteiger partial charge >= 0.3 is 11.9 Å². The first kappa shape index (κ1) is 23.3. The zero-order valence-corrected chi connectivity index (χ0v) is 19.5. The molecule has 34 heavy (non-hydrogen) atoms. The third kappa shape index (κ3) is 5.18. The lowest BCUT2D eigenvalue weighted by Gasteiger charge is -2.11. The molecule has 0 radical (unpaired) electrons. The monoisotopic (exact) mass is 475 g/mol. The number of ether oxygens (including phenoxy) is 3. The molecule has 0 N–H and O–H groups in total. The summed E-state index contributed by atoms with van der Waals surface area (Å²) >= 11 is 6.33. The Morgan fingerprint density at radius 3 is 2.38 bits per heavy atom. The largest absolute Gasteiger partial charge is 0.493 e. The first-order chi connectivity index (χ1) is 16.5. The number of esters is 2. The molecule has 1 aliphatic heterocycles. The van der Waals surface area contributed by atoms with Gasteiger partial charge in [0.05, 0.1) is 12.1 Å². The predicted molar refractivity (Wildman–Crippen MR) is 131 cm³/mol. The second-order valence-electron chi connectivity index (χ2n) is 7.54. The lowest BCUT2D eigenvalue weighted by molar-refractivity contribution is -0.134. The minimum Gasteiger partial charge on any atom is -0.493 e. The summed E-state index contributed by atoms with van der Waals surface area (Å²) in [7, 11) is 1.44. The van der Waals surface area contributed by atoms with E-state index in [4.69, 9.17) is 25.8 Å². The van der Waals surface area contributed by atoms with Crippen molar-refractivity contribution in [2.24, 2.45) is 4.99 Å². The molecule has 7 heteroatoms. The van der Waals surface area contributed by atoms with Crippen molar-refractivity contribution in [3.05, 3.63) is 88.6 Å². The molecule has 3 aromatic rings. The quantitative estimate of drug-likeness (QED) is 0.236. The maximum atomic E-state index is 12.4. The molecule has 0 spiro atoms. The molecule has 0 saturated carbocycles. The molecule has 3 aromatic carbocycles. The number of nitrogens with zero attached hydrogens (tertiary/aromatic N) is 1. The van der Waals surface area contributed by atoms with Crippen molar-refractivity contribution in [2.45, 2.75) is 19.8 Å². The number of hydrogen-bond acceptors (Lipinski definition) is 6. The second kappa shape index (κ2) is 10.4. The number of methoxy groups -OCH3 is 1. The molecule has 0 fully saturated rings. The average molecular weight is 476 g/mol. The second-order valence-corrected chi connectivity index (χ2v) is 7.94. The lowest BCUT2D eigenvalue weighted by Crippen LogP contribution is -2.08. The average Bonchev–Trinajstić information content (AvgIpc) is 3.21. The molecule has 0 amide bonds. The lowest BCUT2D eigenvalue weighted by atomic mass is 10.0. The van der Waals surface area contributed by atoms with Gasteiger partial charge in [-0.1, -0.05) is 61.0 Å². The van der Waals surface area contributed by atoms with Crippen molar-refractivity contribution in [3.63, 3.8) is 0 Å². The van der Waals surface area contributed by atoms with E-state index in [1.165, 1.54) is 7.11 Å². The Balaban J connectivity index is 1.59. The van der Waals surface area contributed by atoms with E-state index in [2.05, 4.69) is 4.99 Å². The van der Waals surface area contributed by atoms with Crippen LogP contribution < -0.4 is 9.47 Å². The number of hydrogen-bond donors (Lipinski definition) is 0. The number of halogens is 1. The van der Waals surface area contributed by atoms with Crippen molar-refractivity contribution in [3.8, 4) is 22.6 Å². The molecular formula is C27H22ClNO5. The first-order valence-corrected chi connectivity index (χ1v) is 11.1. The summed E-state index contributed by atoms with van der Waals surface area (Å²) < 4.78 is 16.0. The SMILES string of the molecule is CCCC(=O)Oc1c(Cl)cc(/C=C2\N=C(c3ccc(-c4ccccc4)cc3)OC2=O)cc1OC. The molecule has 0 aromatic heterocycles. The fraction of sp³-hybridized carbons (Fsp3) is 0.148. The minimum absolute atomic E-state index is 0.121. The van der Waals surface area contributed by atoms with Crippen LogP contribution in [0.4, 0.5) is 0 Å². The summed E-state index contributed by atoms with van der Waals surface area (Å²) in [6, 6.07) is 20.8. The van der Waals surface area contributed by atoms with E-state index < -0.39 is 11.9 Å². The van der Waals surface area contributed by atoms with Gasteiger partial charge in [0.1, 0.15) is 0 Å². The van der Waals surface area contributed by atoms with Gasteiger partial charge in [-0.05, 0) is 53.5 Å². The molecular weight excluding hydrogens is 454 g/mol. The molecule has 0 unspecified atom stereocenters. The van der Waals surface area contributed by atoms with Crippen LogP contribution in [0.5, 0.6) is 11.5 Å². The normalized spacial score (nSPS) is 14.0. The van der Waals surface area contributed by atoms with Crippen LogP contribution in [-0.2, 0) is 14.3 Å². The van der Waals surface area contributed by atoms with E-state index in [1.807, 2.05) is 61.5 Å². The molecule has 6 nitrogen and oxygen atoms in total. The van der Waals surface area contributed by atoms with Crippen molar-refractivity contribution in [2.75, 3.05) is 7.11 Å². The van der Waals surface area contributed by atoms with E-state index in [-0.39, 0.29) is 34.5 Å². The van der Waals surface area contributed by atoms with E-state index in [0.717, 1.165) is 11.1 Å². The number of benzene rings is 3. The number of rotatable bonds is 7. The Labute approximate surface area is 202 Å². The van der Waals surface area contributed by atoms with Crippen LogP contribution in [0.25, 0.3) is 17.2 Å². The number of carbonyl (C=O) groups excluding carboxylic acids is 2. The molecule has 172 valence electrons. The van der Waals surface area contributed by atoms with Gasteiger partial charge in [0.15, 0.2) is 17.2 Å². The molecule has 1 aliphatic rings. The van der Waals surface area contributed by atoms with Gasteiger partial charge in [0.25, 0.3) is 0 Å². The molecule has 1 heterocycles. The zero-order chi connectivity index (χ0) is 24.1. The van der Waals surface area contributed by atoms with Gasteiger partial charge in [0, 0.05) is 12.0 Å². The molecule has 0 saturated heterocycles. The van der Waals surface area contributed by atoms with Gasteiger partial charge in [-0.25, -0.2) is 9.79 Å². The van der Waals surface area contributed by atoms with Crippen molar-refractivity contribution < 1.29 is 23.8 Å². The van der Waals surface area contributed by atoms with Crippen LogP contribution in [0.3, 0.4) is 0 Å². The summed E-state index contributed by atoms with van der Waals surface area (Å²) in [5, 5.41) is 0.183. The van der Waals surface area contributed by atoms with Gasteiger partial charge in [-0.3, -0.25) is 4.79 Å². The standard InChI is InChI=1S/C27H22ClNO5/c1-3-7-24(30)33-25-21(28)14-17(16-23(25)32-2)15-22-27(31)34-26(29-22)20-12-10-19(11-13-20)18-8-5-4-6-9-18/h4-6,8-16H,3,7H2,1-2H3/b22-15-. The van der Waals surface area contributed by atoms with Gasteiger partial charge in [0.2, 0.25) is 5.90 Å². The van der Waals surface area contributed by atoms with Crippen LogP contribution in [0.2, 0.25) is 5.02 Å². The van der Waals surface area contributed by atoms with Crippen molar-refractivity contribution in [1.82, 2.24) is 0 Å². The molecule has 0 atom stereocenters. The maximum absolute atomic E-state index is 12.4. The predicted octanol–water partition coefficient (Wildman–Crippen LogP) is 6.07. The van der Waals surface area contributed by atoms with Crippen molar-refractivity contribution in [1.29, 1.82) is 0 Å². The third-order valence-corrected chi connectivity index (χ3v) is 5.37. The summed E-state index contributed by atoms with van der Waals surface area (Å²) in [6.45, 7) is 1.88. The highest BCUT2D eigenvalue weighted by molar-refractivity contribution is 6.32. The summed E-state index contributed by atoms with van der Waals surface area (Å²) in [6.07, 6.45) is 2.46. The molecule has 0 bridgehead atoms. The van der Waals surface area contributed by atoms with E-state index in [9.17, 15) is 9.59 Å². The fourth-order valence-corrected chi connectivity index (χ4v) is 3.68. The third-order valence-electron chi connectivity index (χ3n) is 5.08. The molecule has 0 aliphatic carbocycles. The Kier molecular flexibility index (Phi) is 7.09. The highest BCUT2D eigenvalue weighted by Crippen LogP contribution is 2.37. The summed E-state index contributed by atoms with van der Waals surface area (Å²) in [4.78, 5) is 28.7. The Morgan fingerprint density at radius 2 is 1.71 bits per heavy atom. The molecule has 4 rings (SSSR count). The minimum atomic E-state index is -0.573. The maximum Gasteiger partial charge on any atom is 0.363 e. The first-order valence-electron chi connectivity index (χ1n) is 10.7. The number of carbonyl (C=O) groups is 2. The summed E-state index contributed by atoms with van der Waals surface area (Å²) in [5.41, 5.74) is 3.50. The van der Waals surface area contributed by atoms with Gasteiger partial charge in [-0.15, -0.1) is 0 Å². The van der Waals surface area contributed by atoms with Crippen LogP contribution in [0.1, 0.15) is 30.9 Å². The van der Waals surface area contributed by atoms with Crippen LogP contribution in [-0.4, -0.2) is 24.9 Å². The Morgan fingerprint density at radius 1 is 1.03 bits per heavy atom. The Bertz CT molecular complexity index is 1280. The number of cyclic esters (lactones) is 1. The zero-order valence-electron chi connectivity index (χ0n) is 18.7. The van der Waals surface area contributed by atoms with Crippen LogP contribution in [0, 0.1) is 0 Å². The van der Waals surface area contributed by atoms with Crippen molar-refractivity contribution >= 4 is 35.5 Å². The summed E-state index contributed by atoms with van der Waals surface area (Å²) in [5.74, 6) is -0.340. The fourth-order valence-electron chi connectivity index (χ4n) is 3.42. The van der Waals surface area contributed by atoms with Gasteiger partial charge < -0.3 is 14.2 Å².